The Bertz CT molecular complexity index is 264. The standard InChI is InChI=1S/C8H6F4/c9-5-6-3-1-2-4-7(6)8(10,11)12/h1-4H,5H2. The van der Waals surface area contributed by atoms with Crippen LogP contribution in [0.1, 0.15) is 11.1 Å². The Morgan fingerprint density at radius 1 is 1.08 bits per heavy atom. The molecule has 12 heavy (non-hydrogen) atoms. The van der Waals surface area contributed by atoms with Crippen LogP contribution in [-0.4, -0.2) is 0 Å². The molecule has 0 aliphatic heterocycles. The maximum atomic E-state index is 12.1. The molecule has 0 atom stereocenters. The van der Waals surface area contributed by atoms with Gasteiger partial charge in [-0.25, -0.2) is 4.39 Å². The van der Waals surface area contributed by atoms with Gasteiger partial charge in [-0.1, -0.05) is 18.2 Å². The van der Waals surface area contributed by atoms with E-state index in [0.717, 1.165) is 12.1 Å². The zero-order valence-corrected chi connectivity index (χ0v) is 6.03. The quantitative estimate of drug-likeness (QED) is 0.579. The van der Waals surface area contributed by atoms with Crippen molar-refractivity contribution < 1.29 is 17.6 Å². The van der Waals surface area contributed by atoms with Gasteiger partial charge in [-0.15, -0.1) is 0 Å². The van der Waals surface area contributed by atoms with Gasteiger partial charge in [0.2, 0.25) is 0 Å². The molecule has 0 radical (unpaired) electrons. The molecule has 0 nitrogen and oxygen atoms in total. The fourth-order valence-electron chi connectivity index (χ4n) is 0.913. The monoisotopic (exact) mass is 178 g/mol. The highest BCUT2D eigenvalue weighted by Gasteiger charge is 2.32. The minimum atomic E-state index is -4.46. The van der Waals surface area contributed by atoms with E-state index in [9.17, 15) is 17.6 Å². The molecule has 0 fully saturated rings. The Hall–Kier alpha value is -1.06. The average Bonchev–Trinajstić information content (AvgIpc) is 2.03. The van der Waals surface area contributed by atoms with Crippen molar-refractivity contribution in [3.8, 4) is 0 Å². The third-order valence-corrected chi connectivity index (χ3v) is 1.47. The number of hydrogen-bond acceptors (Lipinski definition) is 0. The SMILES string of the molecule is FCc1ccccc1C(F)(F)F. The molecule has 4 heteroatoms. The summed E-state index contributed by atoms with van der Waals surface area (Å²) >= 11 is 0. The Balaban J connectivity index is 3.14. The summed E-state index contributed by atoms with van der Waals surface area (Å²) < 4.78 is 48.2. The Morgan fingerprint density at radius 2 is 1.67 bits per heavy atom. The second-order valence-corrected chi connectivity index (χ2v) is 2.29. The molecular formula is C8H6F4. The van der Waals surface area contributed by atoms with E-state index in [-0.39, 0.29) is 5.56 Å². The highest BCUT2D eigenvalue weighted by Crippen LogP contribution is 2.31. The normalized spacial score (nSPS) is 11.7. The minimum Gasteiger partial charge on any atom is -0.246 e. The van der Waals surface area contributed by atoms with E-state index in [1.54, 1.807) is 0 Å². The molecule has 0 aliphatic rings. The van der Waals surface area contributed by atoms with Gasteiger partial charge in [-0.3, -0.25) is 0 Å². The van der Waals surface area contributed by atoms with Gasteiger partial charge in [0, 0.05) is 0 Å². The summed E-state index contributed by atoms with van der Waals surface area (Å²) in [6.07, 6.45) is -4.46. The smallest absolute Gasteiger partial charge is 0.246 e. The van der Waals surface area contributed by atoms with Crippen LogP contribution in [0.25, 0.3) is 0 Å². The van der Waals surface area contributed by atoms with Gasteiger partial charge in [0.25, 0.3) is 0 Å². The molecule has 0 unspecified atom stereocenters. The second-order valence-electron chi connectivity index (χ2n) is 2.29. The second kappa shape index (κ2) is 3.13. The minimum absolute atomic E-state index is 0.315. The lowest BCUT2D eigenvalue weighted by Gasteiger charge is -2.09. The summed E-state index contributed by atoms with van der Waals surface area (Å²) in [5, 5.41) is 0. The van der Waals surface area contributed by atoms with E-state index in [1.807, 2.05) is 0 Å². The maximum absolute atomic E-state index is 12.1. The van der Waals surface area contributed by atoms with Gasteiger partial charge < -0.3 is 0 Å². The first-order valence-electron chi connectivity index (χ1n) is 3.27. The highest BCUT2D eigenvalue weighted by molar-refractivity contribution is 5.28. The van der Waals surface area contributed by atoms with Crippen molar-refractivity contribution >= 4 is 0 Å². The van der Waals surface area contributed by atoms with Crippen LogP contribution in [-0.2, 0) is 12.9 Å². The largest absolute Gasteiger partial charge is 0.416 e. The first-order chi connectivity index (χ1) is 5.55. The summed E-state index contributed by atoms with van der Waals surface area (Å²) in [6.45, 7) is -1.09. The summed E-state index contributed by atoms with van der Waals surface area (Å²) in [5.41, 5.74) is -1.21. The van der Waals surface area contributed by atoms with Crippen LogP contribution >= 0.6 is 0 Å². The molecule has 0 heterocycles. The molecule has 0 saturated carbocycles. The Morgan fingerprint density at radius 3 is 2.08 bits per heavy atom. The maximum Gasteiger partial charge on any atom is 0.416 e. The van der Waals surface area contributed by atoms with Crippen LogP contribution in [0, 0.1) is 0 Å². The van der Waals surface area contributed by atoms with Crippen molar-refractivity contribution in [2.24, 2.45) is 0 Å². The topological polar surface area (TPSA) is 0 Å². The molecule has 1 rings (SSSR count). The molecule has 0 spiro atoms. The molecule has 0 bridgehead atoms. The predicted molar refractivity (Wildman–Crippen MR) is 36.3 cm³/mol. The number of benzene rings is 1. The van der Waals surface area contributed by atoms with Crippen molar-refractivity contribution in [3.05, 3.63) is 35.4 Å². The molecule has 1 aromatic rings. The number of hydrogen-bond donors (Lipinski definition) is 0. The van der Waals surface area contributed by atoms with Crippen LogP contribution < -0.4 is 0 Å². The van der Waals surface area contributed by atoms with Crippen molar-refractivity contribution in [3.63, 3.8) is 0 Å². The van der Waals surface area contributed by atoms with Gasteiger partial charge in [-0.05, 0) is 11.6 Å². The third kappa shape index (κ3) is 1.75. The van der Waals surface area contributed by atoms with Gasteiger partial charge in [-0.2, -0.15) is 13.2 Å². The molecule has 0 saturated heterocycles. The van der Waals surface area contributed by atoms with Gasteiger partial charge >= 0.3 is 6.18 Å². The van der Waals surface area contributed by atoms with Gasteiger partial charge in [0.05, 0.1) is 5.56 Å². The predicted octanol–water partition coefficient (Wildman–Crippen LogP) is 3.17. The van der Waals surface area contributed by atoms with E-state index in [1.165, 1.54) is 12.1 Å². The molecular weight excluding hydrogens is 172 g/mol. The van der Waals surface area contributed by atoms with Gasteiger partial charge in [0.15, 0.2) is 0 Å². The zero-order chi connectivity index (χ0) is 9.19. The number of alkyl halides is 4. The Labute approximate surface area is 66.8 Å². The molecule has 0 aliphatic carbocycles. The first kappa shape index (κ1) is 9.03. The van der Waals surface area contributed by atoms with Crippen LogP contribution in [0.4, 0.5) is 17.6 Å². The summed E-state index contributed by atoms with van der Waals surface area (Å²) in [4.78, 5) is 0. The van der Waals surface area contributed by atoms with Crippen LogP contribution in [0.3, 0.4) is 0 Å². The highest BCUT2D eigenvalue weighted by atomic mass is 19.4. The zero-order valence-electron chi connectivity index (χ0n) is 6.03. The first-order valence-corrected chi connectivity index (χ1v) is 3.27. The Kier molecular flexibility index (Phi) is 2.35. The summed E-state index contributed by atoms with van der Waals surface area (Å²) in [7, 11) is 0. The average molecular weight is 178 g/mol. The van der Waals surface area contributed by atoms with Crippen molar-refractivity contribution in [1.82, 2.24) is 0 Å². The van der Waals surface area contributed by atoms with E-state index in [0.29, 0.717) is 0 Å². The van der Waals surface area contributed by atoms with E-state index < -0.39 is 18.4 Å². The lowest BCUT2D eigenvalue weighted by Crippen LogP contribution is -2.07. The number of rotatable bonds is 1. The lowest BCUT2D eigenvalue weighted by molar-refractivity contribution is -0.138. The van der Waals surface area contributed by atoms with Crippen LogP contribution in [0.15, 0.2) is 24.3 Å². The molecule has 1 aromatic carbocycles. The van der Waals surface area contributed by atoms with Gasteiger partial charge in [0.1, 0.15) is 6.67 Å². The summed E-state index contributed by atoms with van der Waals surface area (Å²) in [5.74, 6) is 0. The number of halogens is 4. The van der Waals surface area contributed by atoms with E-state index in [2.05, 4.69) is 0 Å². The van der Waals surface area contributed by atoms with Crippen molar-refractivity contribution in [2.75, 3.05) is 0 Å². The van der Waals surface area contributed by atoms with Crippen molar-refractivity contribution in [1.29, 1.82) is 0 Å². The fraction of sp³-hybridized carbons (Fsp3) is 0.250. The molecule has 0 amide bonds. The molecule has 66 valence electrons. The van der Waals surface area contributed by atoms with E-state index in [4.69, 9.17) is 0 Å². The van der Waals surface area contributed by atoms with Crippen LogP contribution in [0.2, 0.25) is 0 Å². The molecule has 0 aromatic heterocycles. The van der Waals surface area contributed by atoms with Crippen LogP contribution in [0.5, 0.6) is 0 Å². The van der Waals surface area contributed by atoms with Crippen molar-refractivity contribution in [2.45, 2.75) is 12.9 Å². The van der Waals surface area contributed by atoms with E-state index >= 15 is 0 Å². The molecule has 0 N–H and O–H groups in total. The fourth-order valence-corrected chi connectivity index (χ4v) is 0.913. The summed E-state index contributed by atoms with van der Waals surface area (Å²) in [6, 6.07) is 4.61. The third-order valence-electron chi connectivity index (χ3n) is 1.47. The lowest BCUT2D eigenvalue weighted by atomic mass is 10.1.